The molecule has 1 atom stereocenters. The molecule has 94 valence electrons. The Kier molecular flexibility index (Phi) is 3.26. The maximum absolute atomic E-state index is 9.74. The molecule has 0 saturated carbocycles. The fourth-order valence-electron chi connectivity index (χ4n) is 1.96. The molecule has 1 aliphatic rings. The SMILES string of the molecule is CC(NCC1(C)COC1)c1ccc(O)cc1O. The Morgan fingerprint density at radius 2 is 2.12 bits per heavy atom. The zero-order chi connectivity index (χ0) is 12.5. The summed E-state index contributed by atoms with van der Waals surface area (Å²) in [7, 11) is 0. The summed E-state index contributed by atoms with van der Waals surface area (Å²) in [6, 6.07) is 4.73. The van der Waals surface area contributed by atoms with Crippen LogP contribution in [0, 0.1) is 5.41 Å². The quantitative estimate of drug-likeness (QED) is 0.747. The largest absolute Gasteiger partial charge is 0.508 e. The lowest BCUT2D eigenvalue weighted by Gasteiger charge is -2.39. The summed E-state index contributed by atoms with van der Waals surface area (Å²) in [6.45, 7) is 6.60. The smallest absolute Gasteiger partial charge is 0.124 e. The van der Waals surface area contributed by atoms with Gasteiger partial charge >= 0.3 is 0 Å². The van der Waals surface area contributed by atoms with E-state index in [4.69, 9.17) is 4.74 Å². The van der Waals surface area contributed by atoms with Crippen molar-refractivity contribution in [1.29, 1.82) is 0 Å². The predicted octanol–water partition coefficient (Wildman–Crippen LogP) is 1.78. The number of rotatable bonds is 4. The highest BCUT2D eigenvalue weighted by Gasteiger charge is 2.33. The molecular formula is C13H19NO3. The van der Waals surface area contributed by atoms with Crippen LogP contribution < -0.4 is 5.32 Å². The lowest BCUT2D eigenvalue weighted by molar-refractivity contribution is -0.0999. The topological polar surface area (TPSA) is 61.7 Å². The van der Waals surface area contributed by atoms with E-state index in [1.54, 1.807) is 12.1 Å². The number of hydrogen-bond donors (Lipinski definition) is 3. The zero-order valence-corrected chi connectivity index (χ0v) is 10.2. The number of aromatic hydroxyl groups is 2. The van der Waals surface area contributed by atoms with Crippen molar-refractivity contribution in [3.05, 3.63) is 23.8 Å². The van der Waals surface area contributed by atoms with Gasteiger partial charge < -0.3 is 20.3 Å². The number of benzene rings is 1. The Labute approximate surface area is 101 Å². The number of phenols is 2. The van der Waals surface area contributed by atoms with Crippen molar-refractivity contribution in [2.75, 3.05) is 19.8 Å². The Balaban J connectivity index is 1.96. The second kappa shape index (κ2) is 4.55. The average molecular weight is 237 g/mol. The molecule has 3 N–H and O–H groups in total. The maximum Gasteiger partial charge on any atom is 0.124 e. The molecule has 0 radical (unpaired) electrons. The second-order valence-corrected chi connectivity index (χ2v) is 5.15. The second-order valence-electron chi connectivity index (χ2n) is 5.15. The van der Waals surface area contributed by atoms with Crippen LogP contribution in [-0.4, -0.2) is 30.0 Å². The molecule has 4 nitrogen and oxygen atoms in total. The van der Waals surface area contributed by atoms with E-state index in [0.717, 1.165) is 25.3 Å². The summed E-state index contributed by atoms with van der Waals surface area (Å²) in [5, 5.41) is 22.3. The highest BCUT2D eigenvalue weighted by molar-refractivity contribution is 5.40. The summed E-state index contributed by atoms with van der Waals surface area (Å²) < 4.78 is 5.19. The lowest BCUT2D eigenvalue weighted by atomic mass is 9.88. The van der Waals surface area contributed by atoms with Gasteiger partial charge in [-0.05, 0) is 13.0 Å². The van der Waals surface area contributed by atoms with Gasteiger partial charge in [0.25, 0.3) is 0 Å². The molecule has 0 bridgehead atoms. The fraction of sp³-hybridized carbons (Fsp3) is 0.538. The summed E-state index contributed by atoms with van der Waals surface area (Å²) in [5.74, 6) is 0.206. The van der Waals surface area contributed by atoms with Gasteiger partial charge in [0.2, 0.25) is 0 Å². The summed E-state index contributed by atoms with van der Waals surface area (Å²) in [5.41, 5.74) is 1.01. The van der Waals surface area contributed by atoms with Crippen LogP contribution in [-0.2, 0) is 4.74 Å². The minimum Gasteiger partial charge on any atom is -0.508 e. The lowest BCUT2D eigenvalue weighted by Crippen LogP contribution is -2.47. The standard InChI is InChI=1S/C13H19NO3/c1-9(14-6-13(2)7-17-8-13)11-4-3-10(15)5-12(11)16/h3-5,9,14-16H,6-8H2,1-2H3. The minimum atomic E-state index is 0.0491. The first-order chi connectivity index (χ1) is 8.00. The van der Waals surface area contributed by atoms with Crippen LogP contribution in [0.15, 0.2) is 18.2 Å². The minimum absolute atomic E-state index is 0.0491. The third kappa shape index (κ3) is 2.70. The Morgan fingerprint density at radius 1 is 1.41 bits per heavy atom. The number of ether oxygens (including phenoxy) is 1. The molecule has 2 rings (SSSR count). The van der Waals surface area contributed by atoms with E-state index in [0.29, 0.717) is 0 Å². The van der Waals surface area contributed by atoms with Crippen LogP contribution >= 0.6 is 0 Å². The molecule has 0 amide bonds. The normalized spacial score (nSPS) is 19.6. The molecule has 1 aliphatic heterocycles. The predicted molar refractivity (Wildman–Crippen MR) is 65.1 cm³/mol. The first-order valence-corrected chi connectivity index (χ1v) is 5.83. The average Bonchev–Trinajstić information content (AvgIpc) is 2.23. The molecule has 0 aliphatic carbocycles. The fourth-order valence-corrected chi connectivity index (χ4v) is 1.96. The van der Waals surface area contributed by atoms with Gasteiger partial charge in [-0.2, -0.15) is 0 Å². The van der Waals surface area contributed by atoms with Gasteiger partial charge in [-0.15, -0.1) is 0 Å². The molecule has 1 unspecified atom stereocenters. The molecule has 1 aromatic carbocycles. The van der Waals surface area contributed by atoms with Crippen LogP contribution in [0.2, 0.25) is 0 Å². The highest BCUT2D eigenvalue weighted by atomic mass is 16.5. The van der Waals surface area contributed by atoms with Crippen molar-refractivity contribution in [3.63, 3.8) is 0 Å². The molecule has 1 heterocycles. The first kappa shape index (κ1) is 12.2. The van der Waals surface area contributed by atoms with Gasteiger partial charge in [0.1, 0.15) is 11.5 Å². The van der Waals surface area contributed by atoms with Crippen molar-refractivity contribution in [2.24, 2.45) is 5.41 Å². The van der Waals surface area contributed by atoms with Crippen LogP contribution in [0.5, 0.6) is 11.5 Å². The van der Waals surface area contributed by atoms with E-state index < -0.39 is 0 Å². The van der Waals surface area contributed by atoms with E-state index in [1.165, 1.54) is 6.07 Å². The number of phenolic OH excluding ortho intramolecular Hbond substituents is 2. The van der Waals surface area contributed by atoms with Gasteiger partial charge in [-0.1, -0.05) is 13.0 Å². The third-order valence-corrected chi connectivity index (χ3v) is 3.22. The first-order valence-electron chi connectivity index (χ1n) is 5.83. The summed E-state index contributed by atoms with van der Waals surface area (Å²) in [4.78, 5) is 0. The number of hydrogen-bond acceptors (Lipinski definition) is 4. The Morgan fingerprint density at radius 3 is 2.65 bits per heavy atom. The van der Waals surface area contributed by atoms with Crippen molar-refractivity contribution in [2.45, 2.75) is 19.9 Å². The number of nitrogens with one attached hydrogen (secondary N) is 1. The van der Waals surface area contributed by atoms with E-state index in [-0.39, 0.29) is 23.0 Å². The molecule has 1 saturated heterocycles. The molecule has 1 aromatic rings. The molecular weight excluding hydrogens is 218 g/mol. The molecule has 0 aromatic heterocycles. The monoisotopic (exact) mass is 237 g/mol. The Bertz CT molecular complexity index is 402. The van der Waals surface area contributed by atoms with Crippen molar-refractivity contribution in [1.82, 2.24) is 5.32 Å². The van der Waals surface area contributed by atoms with Crippen LogP contribution in [0.1, 0.15) is 25.5 Å². The summed E-state index contributed by atoms with van der Waals surface area (Å²) >= 11 is 0. The van der Waals surface area contributed by atoms with E-state index in [1.807, 2.05) is 6.92 Å². The van der Waals surface area contributed by atoms with Crippen molar-refractivity contribution >= 4 is 0 Å². The highest BCUT2D eigenvalue weighted by Crippen LogP contribution is 2.30. The van der Waals surface area contributed by atoms with Gasteiger partial charge in [0, 0.05) is 29.6 Å². The van der Waals surface area contributed by atoms with E-state index in [2.05, 4.69) is 12.2 Å². The van der Waals surface area contributed by atoms with Gasteiger partial charge in [-0.3, -0.25) is 0 Å². The van der Waals surface area contributed by atoms with Crippen LogP contribution in [0.3, 0.4) is 0 Å². The molecule has 1 fully saturated rings. The van der Waals surface area contributed by atoms with Crippen molar-refractivity contribution in [3.8, 4) is 11.5 Å². The summed E-state index contributed by atoms with van der Waals surface area (Å²) in [6.07, 6.45) is 0. The van der Waals surface area contributed by atoms with Crippen LogP contribution in [0.4, 0.5) is 0 Å². The Hall–Kier alpha value is -1.26. The maximum atomic E-state index is 9.74. The van der Waals surface area contributed by atoms with E-state index >= 15 is 0 Å². The zero-order valence-electron chi connectivity index (χ0n) is 10.2. The third-order valence-electron chi connectivity index (χ3n) is 3.22. The van der Waals surface area contributed by atoms with Gasteiger partial charge in [-0.25, -0.2) is 0 Å². The molecule has 4 heteroatoms. The van der Waals surface area contributed by atoms with Gasteiger partial charge in [0.05, 0.1) is 13.2 Å². The molecule has 0 spiro atoms. The van der Waals surface area contributed by atoms with Gasteiger partial charge in [0.15, 0.2) is 0 Å². The molecule has 17 heavy (non-hydrogen) atoms. The van der Waals surface area contributed by atoms with Crippen LogP contribution in [0.25, 0.3) is 0 Å². The van der Waals surface area contributed by atoms with E-state index in [9.17, 15) is 10.2 Å². The van der Waals surface area contributed by atoms with Crippen molar-refractivity contribution < 1.29 is 14.9 Å².